The Labute approximate surface area is 311 Å². The first kappa shape index (κ1) is 49.2. The Morgan fingerprint density at radius 2 is 0.902 bits per heavy atom. The molecule has 8 atom stereocenters. The summed E-state index contributed by atoms with van der Waals surface area (Å²) in [6.07, 6.45) is -8.42. The average Bonchev–Trinajstić information content (AvgIpc) is 3.46. The summed E-state index contributed by atoms with van der Waals surface area (Å²) in [5, 5.41) is 97.7. The maximum atomic E-state index is 10.5. The first-order valence-electron chi connectivity index (χ1n) is 14.1. The molecule has 0 aliphatic carbocycles. The third-order valence-electron chi connectivity index (χ3n) is 5.72. The number of ether oxygens (including phenoxy) is 4. The van der Waals surface area contributed by atoms with E-state index in [1.54, 1.807) is 0 Å². The van der Waals surface area contributed by atoms with Gasteiger partial charge in [0.05, 0.1) is 13.2 Å². The summed E-state index contributed by atoms with van der Waals surface area (Å²) in [5.41, 5.74) is 0.539. The van der Waals surface area contributed by atoms with Crippen LogP contribution in [0.5, 0.6) is 23.0 Å². The number of benzene rings is 2. The van der Waals surface area contributed by atoms with E-state index >= 15 is 0 Å². The maximum absolute atomic E-state index is 10.5. The molecule has 2 aromatic carbocycles. The van der Waals surface area contributed by atoms with E-state index < -0.39 is 80.3 Å². The van der Waals surface area contributed by atoms with Gasteiger partial charge >= 0.3 is 0 Å². The number of carboxylic acids is 3. The van der Waals surface area contributed by atoms with Crippen LogP contribution in [0.1, 0.15) is 41.5 Å². The van der Waals surface area contributed by atoms with Crippen LogP contribution in [-0.4, -0.2) is 179 Å². The molecule has 0 spiro atoms. The SMILES string of the molecule is CC(=O)O.CC(=O)O.CC(=O)O.O=Cc1ccc(O[C@@H]2O[C@H](CO)[C@@H](O)[C@H]2O)c(O)c1.O=Cc1ccc(O[C@@H]2O[C@H](CO)[C@@H](O)[C@H]2O)c(O)c1.[Na]. The Balaban J connectivity index is 0. The number of aliphatic hydroxyl groups excluding tert-OH is 6. The topological polar surface area (TPSA) is 345 Å². The van der Waals surface area contributed by atoms with E-state index in [0.717, 1.165) is 20.8 Å². The number of phenols is 2. The summed E-state index contributed by atoms with van der Waals surface area (Å²) in [6, 6.07) is 7.92. The number of aliphatic carboxylic acids is 3. The van der Waals surface area contributed by atoms with E-state index in [4.69, 9.17) is 58.9 Å². The van der Waals surface area contributed by atoms with Gasteiger partial charge < -0.3 is 75.1 Å². The number of aromatic hydroxyl groups is 2. The van der Waals surface area contributed by atoms with Crippen LogP contribution in [-0.2, 0) is 23.9 Å². The largest absolute Gasteiger partial charge is 0.504 e. The molecular weight excluding hydrogens is 703 g/mol. The molecular formula is C30H40NaO20. The Kier molecular flexibility index (Phi) is 24.2. The van der Waals surface area contributed by atoms with Crippen LogP contribution in [0, 0.1) is 0 Å². The fourth-order valence-electron chi connectivity index (χ4n) is 3.59. The van der Waals surface area contributed by atoms with Crippen LogP contribution in [0.3, 0.4) is 0 Å². The zero-order chi connectivity index (χ0) is 38.7. The number of carbonyl (C=O) groups is 5. The summed E-state index contributed by atoms with van der Waals surface area (Å²) in [5.74, 6) is -3.08. The predicted octanol–water partition coefficient (Wildman–Crippen LogP) is -2.06. The summed E-state index contributed by atoms with van der Waals surface area (Å²) in [6.45, 7) is 2.32. The van der Waals surface area contributed by atoms with Gasteiger partial charge in [0.1, 0.15) is 49.2 Å². The quantitative estimate of drug-likeness (QED) is 0.102. The van der Waals surface area contributed by atoms with Crippen molar-refractivity contribution in [3.63, 3.8) is 0 Å². The van der Waals surface area contributed by atoms with E-state index in [1.807, 2.05) is 0 Å². The van der Waals surface area contributed by atoms with Gasteiger partial charge in [0.25, 0.3) is 17.9 Å². The summed E-state index contributed by atoms with van der Waals surface area (Å²) in [4.78, 5) is 48.0. The van der Waals surface area contributed by atoms with E-state index in [9.17, 15) is 40.2 Å². The molecule has 4 rings (SSSR count). The summed E-state index contributed by atoms with van der Waals surface area (Å²) >= 11 is 0. The second-order valence-electron chi connectivity index (χ2n) is 9.90. The van der Waals surface area contributed by atoms with Gasteiger partial charge in [0.15, 0.2) is 23.0 Å². The minimum Gasteiger partial charge on any atom is -0.504 e. The van der Waals surface area contributed by atoms with E-state index in [-0.39, 0.29) is 63.7 Å². The van der Waals surface area contributed by atoms with Gasteiger partial charge in [0, 0.05) is 61.5 Å². The van der Waals surface area contributed by atoms with Crippen molar-refractivity contribution < 1.29 is 99.1 Å². The van der Waals surface area contributed by atoms with E-state index in [0.29, 0.717) is 12.6 Å². The van der Waals surface area contributed by atoms with Crippen molar-refractivity contribution in [2.24, 2.45) is 0 Å². The first-order chi connectivity index (χ1) is 23.3. The normalized spacial score (nSPS) is 24.0. The number of carboxylic acid groups (broad SMARTS) is 3. The maximum Gasteiger partial charge on any atom is 0.300 e. The third kappa shape index (κ3) is 18.2. The van der Waals surface area contributed by atoms with Gasteiger partial charge in [-0.25, -0.2) is 0 Å². The number of rotatable bonds is 8. The van der Waals surface area contributed by atoms with Crippen molar-refractivity contribution in [3.05, 3.63) is 47.5 Å². The molecule has 2 aliphatic heterocycles. The molecule has 2 aromatic rings. The van der Waals surface area contributed by atoms with Gasteiger partial charge in [0.2, 0.25) is 12.6 Å². The minimum atomic E-state index is -1.35. The number of hydrogen-bond acceptors (Lipinski definition) is 17. The third-order valence-corrected chi connectivity index (χ3v) is 5.72. The first-order valence-corrected chi connectivity index (χ1v) is 14.1. The Morgan fingerprint density at radius 3 is 1.10 bits per heavy atom. The van der Waals surface area contributed by atoms with Gasteiger partial charge in [-0.3, -0.25) is 24.0 Å². The monoisotopic (exact) mass is 743 g/mol. The zero-order valence-electron chi connectivity index (χ0n) is 27.7. The zero-order valence-corrected chi connectivity index (χ0v) is 29.7. The van der Waals surface area contributed by atoms with Crippen LogP contribution >= 0.6 is 0 Å². The van der Waals surface area contributed by atoms with Crippen molar-refractivity contribution in [2.75, 3.05) is 13.2 Å². The number of carbonyl (C=O) groups excluding carboxylic acids is 2. The fraction of sp³-hybridized carbons (Fsp3) is 0.433. The molecule has 2 heterocycles. The van der Waals surface area contributed by atoms with Crippen LogP contribution in [0.2, 0.25) is 0 Å². The molecule has 0 unspecified atom stereocenters. The van der Waals surface area contributed by atoms with Gasteiger partial charge in [-0.05, 0) is 36.4 Å². The van der Waals surface area contributed by atoms with Crippen LogP contribution < -0.4 is 9.47 Å². The minimum absolute atomic E-state index is 0. The molecule has 0 aromatic heterocycles. The molecule has 0 bridgehead atoms. The molecule has 0 amide bonds. The molecule has 1 radical (unpaired) electrons. The molecule has 21 heteroatoms. The number of hydrogen-bond donors (Lipinski definition) is 11. The Bertz CT molecular complexity index is 1260. The fourth-order valence-corrected chi connectivity index (χ4v) is 3.59. The second kappa shape index (κ2) is 25.1. The standard InChI is InChI=1S/2C12H14O7.3C2H4O2.Na/c2*13-4-6-1-2-8(7(15)3-6)18-12-11(17)10(16)9(5-14)19-12;3*1-2(3)4;/h2*1-4,9-12,14-17H,5H2;3*1H3,(H,3,4);/t2*9-,10-,11-,12-;;;;/m11..../s1. The molecule has 2 saturated heterocycles. The summed E-state index contributed by atoms with van der Waals surface area (Å²) in [7, 11) is 0. The van der Waals surface area contributed by atoms with Crippen molar-refractivity contribution in [2.45, 2.75) is 70.0 Å². The molecule has 51 heavy (non-hydrogen) atoms. The molecule has 2 fully saturated rings. The number of aldehydes is 2. The van der Waals surface area contributed by atoms with Gasteiger partial charge in [-0.2, -0.15) is 0 Å². The van der Waals surface area contributed by atoms with Crippen molar-refractivity contribution in [3.8, 4) is 23.0 Å². The van der Waals surface area contributed by atoms with Gasteiger partial charge in [-0.1, -0.05) is 0 Å². The number of phenolic OH excluding ortho intramolecular Hbond substituents is 2. The molecule has 11 N–H and O–H groups in total. The van der Waals surface area contributed by atoms with Crippen LogP contribution in [0.4, 0.5) is 0 Å². The van der Waals surface area contributed by atoms with Crippen molar-refractivity contribution in [1.29, 1.82) is 0 Å². The molecule has 2 aliphatic rings. The van der Waals surface area contributed by atoms with Crippen LogP contribution in [0.15, 0.2) is 36.4 Å². The Hall–Kier alpha value is -3.93. The van der Waals surface area contributed by atoms with E-state index in [1.165, 1.54) is 36.4 Å². The summed E-state index contributed by atoms with van der Waals surface area (Å²) < 4.78 is 20.6. The smallest absolute Gasteiger partial charge is 0.300 e. The van der Waals surface area contributed by atoms with Gasteiger partial charge in [-0.15, -0.1) is 0 Å². The number of aliphatic hydroxyl groups is 6. The molecule has 20 nitrogen and oxygen atoms in total. The average molecular weight is 744 g/mol. The Morgan fingerprint density at radius 1 is 0.627 bits per heavy atom. The molecule has 281 valence electrons. The van der Waals surface area contributed by atoms with E-state index in [2.05, 4.69) is 0 Å². The predicted molar refractivity (Wildman–Crippen MR) is 169 cm³/mol. The molecule has 0 saturated carbocycles. The second-order valence-corrected chi connectivity index (χ2v) is 9.90. The van der Waals surface area contributed by atoms with Crippen molar-refractivity contribution >= 4 is 60.0 Å². The van der Waals surface area contributed by atoms with Crippen molar-refractivity contribution in [1.82, 2.24) is 0 Å². The van der Waals surface area contributed by atoms with Crippen LogP contribution in [0.25, 0.3) is 0 Å².